The van der Waals surface area contributed by atoms with Crippen LogP contribution in [0.2, 0.25) is 0 Å². The molecule has 0 heterocycles. The number of benzene rings is 2. The highest BCUT2D eigenvalue weighted by atomic mass is 32.2. The van der Waals surface area contributed by atoms with Crippen molar-refractivity contribution < 1.29 is 22.7 Å². The Bertz CT molecular complexity index is 926. The number of hydrogen-bond acceptors (Lipinski definition) is 5. The number of amides is 1. The fraction of sp³-hybridized carbons (Fsp3) is 0.316. The molecule has 2 aromatic rings. The lowest BCUT2D eigenvalue weighted by Gasteiger charge is -2.12. The number of ether oxygens (including phenoxy) is 2. The van der Waals surface area contributed by atoms with Crippen molar-refractivity contribution in [2.45, 2.75) is 19.8 Å². The molecule has 0 unspecified atom stereocenters. The van der Waals surface area contributed by atoms with E-state index in [1.54, 1.807) is 45.4 Å². The summed E-state index contributed by atoms with van der Waals surface area (Å²) in [7, 11) is -0.256. The number of nitrogens with one attached hydrogen (secondary N) is 2. The maximum Gasteiger partial charge on any atom is 0.229 e. The molecule has 0 bridgehead atoms. The molecule has 0 spiro atoms. The largest absolute Gasteiger partial charge is 0.493 e. The van der Waals surface area contributed by atoms with Gasteiger partial charge in [-0.25, -0.2) is 8.42 Å². The van der Waals surface area contributed by atoms with Crippen molar-refractivity contribution in [1.29, 1.82) is 0 Å². The van der Waals surface area contributed by atoms with E-state index in [-0.39, 0.29) is 12.3 Å². The number of methoxy groups -OCH3 is 2. The zero-order chi connectivity index (χ0) is 20.0. The molecule has 27 heavy (non-hydrogen) atoms. The SMILES string of the molecule is COc1ccc(CCC(=O)Nc2ccc(C)c(NS(C)(=O)=O)c2)cc1OC. The number of aryl methyl sites for hydroxylation is 2. The predicted octanol–water partition coefficient (Wildman–Crippen LogP) is 2.96. The molecule has 1 amide bonds. The van der Waals surface area contributed by atoms with Gasteiger partial charge in [-0.1, -0.05) is 12.1 Å². The molecule has 0 fully saturated rings. The Morgan fingerprint density at radius 3 is 2.37 bits per heavy atom. The number of hydrogen-bond donors (Lipinski definition) is 2. The first-order valence-corrected chi connectivity index (χ1v) is 10.2. The minimum atomic E-state index is -3.39. The fourth-order valence-electron chi connectivity index (χ4n) is 2.53. The summed E-state index contributed by atoms with van der Waals surface area (Å²) < 4.78 is 35.8. The van der Waals surface area contributed by atoms with E-state index in [0.717, 1.165) is 17.4 Å². The van der Waals surface area contributed by atoms with Gasteiger partial charge in [0, 0.05) is 12.1 Å². The average Bonchev–Trinajstić information content (AvgIpc) is 2.61. The van der Waals surface area contributed by atoms with Gasteiger partial charge < -0.3 is 14.8 Å². The van der Waals surface area contributed by atoms with E-state index in [4.69, 9.17) is 9.47 Å². The molecule has 2 N–H and O–H groups in total. The van der Waals surface area contributed by atoms with Crippen LogP contribution in [0.3, 0.4) is 0 Å². The summed E-state index contributed by atoms with van der Waals surface area (Å²) in [6.45, 7) is 1.79. The van der Waals surface area contributed by atoms with Crippen LogP contribution in [0.15, 0.2) is 36.4 Å². The number of sulfonamides is 1. The van der Waals surface area contributed by atoms with Crippen molar-refractivity contribution in [1.82, 2.24) is 0 Å². The third-order valence-electron chi connectivity index (χ3n) is 3.91. The van der Waals surface area contributed by atoms with E-state index in [1.807, 2.05) is 12.1 Å². The second kappa shape index (κ2) is 8.77. The molecule has 2 rings (SSSR count). The monoisotopic (exact) mass is 392 g/mol. The smallest absolute Gasteiger partial charge is 0.229 e. The minimum absolute atomic E-state index is 0.168. The van der Waals surface area contributed by atoms with E-state index in [1.165, 1.54) is 0 Å². The standard InChI is InChI=1S/C19H24N2O5S/c1-13-5-8-15(12-16(13)21-27(4,23)24)20-19(22)10-7-14-6-9-17(25-2)18(11-14)26-3/h5-6,8-9,11-12,21H,7,10H2,1-4H3,(H,20,22). The third kappa shape index (κ3) is 6.18. The molecular formula is C19H24N2O5S. The van der Waals surface area contributed by atoms with Gasteiger partial charge in [0.2, 0.25) is 15.9 Å². The zero-order valence-corrected chi connectivity index (χ0v) is 16.6. The van der Waals surface area contributed by atoms with Crippen LogP contribution in [0, 0.1) is 6.92 Å². The van der Waals surface area contributed by atoms with Gasteiger partial charge in [-0.2, -0.15) is 0 Å². The molecule has 0 aliphatic heterocycles. The van der Waals surface area contributed by atoms with Crippen molar-refractivity contribution >= 4 is 27.3 Å². The first-order valence-electron chi connectivity index (χ1n) is 8.31. The third-order valence-corrected chi connectivity index (χ3v) is 4.50. The summed E-state index contributed by atoms with van der Waals surface area (Å²) in [6.07, 6.45) is 1.89. The van der Waals surface area contributed by atoms with Crippen molar-refractivity contribution in [3.05, 3.63) is 47.5 Å². The molecule has 0 aliphatic carbocycles. The van der Waals surface area contributed by atoms with Gasteiger partial charge in [0.15, 0.2) is 11.5 Å². The van der Waals surface area contributed by atoms with E-state index in [2.05, 4.69) is 10.0 Å². The molecule has 0 aliphatic rings. The number of rotatable bonds is 8. The molecule has 146 valence electrons. The van der Waals surface area contributed by atoms with Crippen molar-refractivity contribution in [2.75, 3.05) is 30.5 Å². The van der Waals surface area contributed by atoms with Gasteiger partial charge in [0.1, 0.15) is 0 Å². The minimum Gasteiger partial charge on any atom is -0.493 e. The van der Waals surface area contributed by atoms with Crippen LogP contribution in [0.1, 0.15) is 17.5 Å². The first kappa shape index (κ1) is 20.6. The van der Waals surface area contributed by atoms with Crippen molar-refractivity contribution in [3.63, 3.8) is 0 Å². The Morgan fingerprint density at radius 1 is 1.04 bits per heavy atom. The highest BCUT2D eigenvalue weighted by Gasteiger charge is 2.10. The Hall–Kier alpha value is -2.74. The summed E-state index contributed by atoms with van der Waals surface area (Å²) in [4.78, 5) is 12.2. The highest BCUT2D eigenvalue weighted by Crippen LogP contribution is 2.28. The van der Waals surface area contributed by atoms with Crippen LogP contribution >= 0.6 is 0 Å². The first-order chi connectivity index (χ1) is 12.7. The van der Waals surface area contributed by atoms with Gasteiger partial charge in [-0.3, -0.25) is 9.52 Å². The van der Waals surface area contributed by atoms with Gasteiger partial charge in [-0.15, -0.1) is 0 Å². The summed E-state index contributed by atoms with van der Waals surface area (Å²) in [6, 6.07) is 10.6. The zero-order valence-electron chi connectivity index (χ0n) is 15.8. The lowest BCUT2D eigenvalue weighted by Crippen LogP contribution is -2.14. The van der Waals surface area contributed by atoms with Crippen LogP contribution in [0.25, 0.3) is 0 Å². The molecule has 0 saturated carbocycles. The molecule has 0 saturated heterocycles. The molecule has 0 aromatic heterocycles. The predicted molar refractivity (Wildman–Crippen MR) is 106 cm³/mol. The molecule has 7 nitrogen and oxygen atoms in total. The van der Waals surface area contributed by atoms with E-state index in [0.29, 0.717) is 29.3 Å². The molecule has 0 atom stereocenters. The maximum absolute atomic E-state index is 12.2. The second-order valence-corrected chi connectivity index (χ2v) is 7.89. The molecule has 2 aromatic carbocycles. The Balaban J connectivity index is 2.01. The van der Waals surface area contributed by atoms with Crippen LogP contribution in [0.5, 0.6) is 11.5 Å². The van der Waals surface area contributed by atoms with Gasteiger partial charge in [0.05, 0.1) is 26.2 Å². The van der Waals surface area contributed by atoms with E-state index >= 15 is 0 Å². The summed E-state index contributed by atoms with van der Waals surface area (Å²) in [5.74, 6) is 1.08. The van der Waals surface area contributed by atoms with E-state index in [9.17, 15) is 13.2 Å². The van der Waals surface area contributed by atoms with Crippen molar-refractivity contribution in [2.24, 2.45) is 0 Å². The Kier molecular flexibility index (Phi) is 6.68. The topological polar surface area (TPSA) is 93.7 Å². The van der Waals surface area contributed by atoms with Crippen LogP contribution in [-0.2, 0) is 21.2 Å². The Morgan fingerprint density at radius 2 is 1.74 bits per heavy atom. The molecule has 8 heteroatoms. The van der Waals surface area contributed by atoms with Crippen LogP contribution in [0.4, 0.5) is 11.4 Å². The quantitative estimate of drug-likeness (QED) is 0.720. The normalized spacial score (nSPS) is 11.0. The lowest BCUT2D eigenvalue weighted by atomic mass is 10.1. The summed E-state index contributed by atoms with van der Waals surface area (Å²) in [5.41, 5.74) is 2.69. The fourth-order valence-corrected chi connectivity index (χ4v) is 3.15. The number of carbonyl (C=O) groups excluding carboxylic acids is 1. The average molecular weight is 392 g/mol. The lowest BCUT2D eigenvalue weighted by molar-refractivity contribution is -0.116. The van der Waals surface area contributed by atoms with Crippen molar-refractivity contribution in [3.8, 4) is 11.5 Å². The number of anilines is 2. The number of carbonyl (C=O) groups is 1. The highest BCUT2D eigenvalue weighted by molar-refractivity contribution is 7.92. The maximum atomic E-state index is 12.2. The van der Waals surface area contributed by atoms with Crippen LogP contribution in [-0.4, -0.2) is 34.8 Å². The van der Waals surface area contributed by atoms with Gasteiger partial charge >= 0.3 is 0 Å². The second-order valence-electron chi connectivity index (χ2n) is 6.14. The van der Waals surface area contributed by atoms with Gasteiger partial charge in [-0.05, 0) is 48.7 Å². The van der Waals surface area contributed by atoms with Crippen LogP contribution < -0.4 is 19.5 Å². The van der Waals surface area contributed by atoms with Gasteiger partial charge in [0.25, 0.3) is 0 Å². The van der Waals surface area contributed by atoms with E-state index < -0.39 is 10.0 Å². The Labute approximate surface area is 159 Å². The molecular weight excluding hydrogens is 368 g/mol. The summed E-state index contributed by atoms with van der Waals surface area (Å²) in [5, 5.41) is 2.79. The molecule has 0 radical (unpaired) electrons. The summed E-state index contributed by atoms with van der Waals surface area (Å²) >= 11 is 0.